The van der Waals surface area contributed by atoms with Gasteiger partial charge in [0.2, 0.25) is 17.8 Å². The van der Waals surface area contributed by atoms with Gasteiger partial charge in [-0.25, -0.2) is 19.3 Å². The third-order valence-electron chi connectivity index (χ3n) is 12.7. The van der Waals surface area contributed by atoms with Gasteiger partial charge in [-0.1, -0.05) is 59.0 Å². The molecule has 1 aliphatic carbocycles. The summed E-state index contributed by atoms with van der Waals surface area (Å²) in [6.45, 7) is 12.4. The lowest BCUT2D eigenvalue weighted by molar-refractivity contribution is -0.134. The zero-order chi connectivity index (χ0) is 41.4. The van der Waals surface area contributed by atoms with Gasteiger partial charge >= 0.3 is 0 Å². The second-order valence-corrected chi connectivity index (χ2v) is 17.4. The summed E-state index contributed by atoms with van der Waals surface area (Å²) in [5, 5.41) is 17.4. The number of rotatable bonds is 12. The number of fused-ring (bicyclic) bond motifs is 2. The lowest BCUT2D eigenvalue weighted by atomic mass is 9.90. The zero-order valence-corrected chi connectivity index (χ0v) is 35.9. The zero-order valence-electron chi connectivity index (χ0n) is 33.7. The van der Waals surface area contributed by atoms with Gasteiger partial charge in [0, 0.05) is 67.7 Å². The van der Waals surface area contributed by atoms with Gasteiger partial charge in [0.25, 0.3) is 5.56 Å². The molecule has 312 valence electrons. The Labute approximate surface area is 362 Å². The van der Waals surface area contributed by atoms with Gasteiger partial charge in [-0.05, 0) is 98.1 Å². The number of aliphatic hydroxyl groups is 1. The van der Waals surface area contributed by atoms with Crippen molar-refractivity contribution < 1.29 is 14.7 Å². The van der Waals surface area contributed by atoms with Crippen molar-refractivity contribution in [3.05, 3.63) is 112 Å². The van der Waals surface area contributed by atoms with Crippen LogP contribution < -0.4 is 21.1 Å². The van der Waals surface area contributed by atoms with E-state index in [-0.39, 0.29) is 29.8 Å². The molecule has 9 rings (SSSR count). The summed E-state index contributed by atoms with van der Waals surface area (Å²) >= 11 is 2.20. The van der Waals surface area contributed by atoms with Crippen molar-refractivity contribution in [3.63, 3.8) is 0 Å². The SMILES string of the molecule is C=CCn1c(=O)c2cnc(Nc3ccc(N4CCN(CC5CCN(Cc6ccc(C7CCC(=O)NC7=O)cc6)CC5)CC4)cc3)nc2n1-c1ccc2c(n1)[C@@](O)(CI)CC2. The number of pyridine rings is 1. The van der Waals surface area contributed by atoms with Crippen LogP contribution in [0.5, 0.6) is 0 Å². The fraction of sp³-hybridized carbons (Fsp3) is 0.422. The first-order chi connectivity index (χ1) is 29.2. The fourth-order valence-electron chi connectivity index (χ4n) is 9.29. The molecule has 2 amide bonds. The number of allylic oxidation sites excluding steroid dienone is 1. The van der Waals surface area contributed by atoms with Crippen LogP contribution in [0.15, 0.2) is 84.3 Å². The van der Waals surface area contributed by atoms with E-state index in [0.29, 0.717) is 58.1 Å². The van der Waals surface area contributed by atoms with Gasteiger partial charge in [0.15, 0.2) is 11.5 Å². The number of hydrogen-bond donors (Lipinski definition) is 3. The maximum Gasteiger partial charge on any atom is 0.278 e. The van der Waals surface area contributed by atoms with Crippen molar-refractivity contribution in [1.29, 1.82) is 0 Å². The molecule has 3 N–H and O–H groups in total. The molecule has 6 heterocycles. The van der Waals surface area contributed by atoms with E-state index in [0.717, 1.165) is 75.6 Å². The minimum Gasteiger partial charge on any atom is -0.383 e. The van der Waals surface area contributed by atoms with E-state index in [1.165, 1.54) is 24.1 Å². The average molecular weight is 923 g/mol. The second-order valence-electron chi connectivity index (χ2n) is 16.7. The molecule has 14 nitrogen and oxygen atoms in total. The minimum atomic E-state index is -1.000. The van der Waals surface area contributed by atoms with Crippen molar-refractivity contribution in [2.45, 2.75) is 63.1 Å². The van der Waals surface area contributed by atoms with Crippen LogP contribution in [0, 0.1) is 5.92 Å². The summed E-state index contributed by atoms with van der Waals surface area (Å²) in [5.74, 6) is 0.983. The van der Waals surface area contributed by atoms with Crippen LogP contribution in [0.1, 0.15) is 60.4 Å². The van der Waals surface area contributed by atoms with Crippen molar-refractivity contribution in [1.82, 2.24) is 39.4 Å². The molecule has 3 aliphatic heterocycles. The number of piperidine rings is 2. The van der Waals surface area contributed by atoms with E-state index in [9.17, 15) is 19.5 Å². The molecule has 1 unspecified atom stereocenters. The number of likely N-dealkylation sites (tertiary alicyclic amines) is 1. The number of nitrogens with one attached hydrogen (secondary N) is 2. The normalized spacial score (nSPS) is 21.6. The van der Waals surface area contributed by atoms with Crippen molar-refractivity contribution in [2.24, 2.45) is 5.92 Å². The first kappa shape index (κ1) is 40.4. The highest BCUT2D eigenvalue weighted by molar-refractivity contribution is 14.1. The average Bonchev–Trinajstić information content (AvgIpc) is 3.74. The van der Waals surface area contributed by atoms with Crippen LogP contribution in [0.4, 0.5) is 17.3 Å². The molecule has 0 saturated carbocycles. The number of imide groups is 1. The standard InChI is InChI=1S/C45H51IN10O4/c1-2-19-55-43(59)37-26-47-44(51-41(37)56(55)38-13-7-33-15-18-45(60,29-46)40(33)49-38)48-34-8-10-35(11-9-34)54-24-22-53(23-25-54)28-31-16-20-52(21-17-31)27-30-3-5-32(6-4-30)36-12-14-39(57)50-42(36)58/h2-11,13,26,31,36,60H,1,12,14-25,27-29H2,(H,47,48,51)(H,50,57,58)/t36?,45-/m0/s1. The van der Waals surface area contributed by atoms with E-state index < -0.39 is 5.60 Å². The fourth-order valence-corrected chi connectivity index (χ4v) is 10.0. The second kappa shape index (κ2) is 17.2. The molecular formula is C45H51IN10O4. The molecule has 3 fully saturated rings. The summed E-state index contributed by atoms with van der Waals surface area (Å²) in [7, 11) is 0. The van der Waals surface area contributed by atoms with Gasteiger partial charge in [-0.3, -0.25) is 29.5 Å². The Hall–Kier alpha value is -4.97. The van der Waals surface area contributed by atoms with Crippen LogP contribution >= 0.6 is 22.6 Å². The number of hydrogen-bond acceptors (Lipinski definition) is 11. The number of nitrogens with zero attached hydrogens (tertiary/aromatic N) is 8. The van der Waals surface area contributed by atoms with E-state index in [2.05, 4.69) is 95.9 Å². The highest BCUT2D eigenvalue weighted by atomic mass is 127. The van der Waals surface area contributed by atoms with Crippen LogP contribution in [-0.2, 0) is 34.7 Å². The summed E-state index contributed by atoms with van der Waals surface area (Å²) in [5.41, 5.74) is 5.14. The summed E-state index contributed by atoms with van der Waals surface area (Å²) in [6, 6.07) is 20.6. The molecule has 60 heavy (non-hydrogen) atoms. The van der Waals surface area contributed by atoms with Gasteiger partial charge in [0.1, 0.15) is 11.0 Å². The van der Waals surface area contributed by atoms with Crippen LogP contribution in [0.25, 0.3) is 16.9 Å². The number of carbonyl (C=O) groups excluding carboxylic acids is 2. The number of halogens is 1. The van der Waals surface area contributed by atoms with Gasteiger partial charge in [0.05, 0.1) is 18.2 Å². The Balaban J connectivity index is 0.775. The molecule has 5 aromatic rings. The molecule has 15 heteroatoms. The first-order valence-corrected chi connectivity index (χ1v) is 22.6. The van der Waals surface area contributed by atoms with E-state index in [1.807, 2.05) is 24.3 Å². The smallest absolute Gasteiger partial charge is 0.278 e. The molecule has 2 atom stereocenters. The largest absolute Gasteiger partial charge is 0.383 e. The molecule has 0 radical (unpaired) electrons. The number of piperazine rings is 1. The van der Waals surface area contributed by atoms with E-state index in [4.69, 9.17) is 9.97 Å². The highest BCUT2D eigenvalue weighted by Crippen LogP contribution is 2.38. The Kier molecular flexibility index (Phi) is 11.6. The molecule has 3 aromatic heterocycles. The monoisotopic (exact) mass is 922 g/mol. The molecule has 4 aliphatic rings. The van der Waals surface area contributed by atoms with Crippen molar-refractivity contribution in [3.8, 4) is 5.82 Å². The maximum absolute atomic E-state index is 13.5. The summed E-state index contributed by atoms with van der Waals surface area (Å²) in [4.78, 5) is 59.2. The number of anilines is 3. The number of aromatic nitrogens is 5. The molecule has 3 saturated heterocycles. The third-order valence-corrected chi connectivity index (χ3v) is 14.0. The number of aryl methyl sites for hydroxylation is 1. The van der Waals surface area contributed by atoms with Crippen molar-refractivity contribution in [2.75, 3.05) is 60.5 Å². The van der Waals surface area contributed by atoms with Gasteiger partial charge in [-0.2, -0.15) is 4.98 Å². The topological polar surface area (TPSA) is 154 Å². The summed E-state index contributed by atoms with van der Waals surface area (Å²) in [6.07, 6.45) is 7.99. The third kappa shape index (κ3) is 8.24. The van der Waals surface area contributed by atoms with Crippen molar-refractivity contribution >= 4 is 62.8 Å². The number of benzene rings is 2. The predicted molar refractivity (Wildman–Crippen MR) is 240 cm³/mol. The minimum absolute atomic E-state index is 0.177. The Morgan fingerprint density at radius 1 is 0.900 bits per heavy atom. The number of carbonyl (C=O) groups is 2. The quantitative estimate of drug-likeness (QED) is 0.0669. The number of alkyl halides is 1. The number of amides is 2. The molecule has 2 aromatic carbocycles. The van der Waals surface area contributed by atoms with Crippen LogP contribution in [0.3, 0.4) is 0 Å². The predicted octanol–water partition coefficient (Wildman–Crippen LogP) is 5.03. The van der Waals surface area contributed by atoms with E-state index in [1.54, 1.807) is 21.6 Å². The van der Waals surface area contributed by atoms with E-state index >= 15 is 0 Å². The maximum atomic E-state index is 13.5. The first-order valence-electron chi connectivity index (χ1n) is 21.1. The highest BCUT2D eigenvalue weighted by Gasteiger charge is 2.38. The molecular weight excluding hydrogens is 871 g/mol. The van der Waals surface area contributed by atoms with Crippen LogP contribution in [-0.4, -0.2) is 101 Å². The summed E-state index contributed by atoms with van der Waals surface area (Å²) < 4.78 is 3.79. The Morgan fingerprint density at radius 3 is 2.38 bits per heavy atom. The lowest BCUT2D eigenvalue weighted by Gasteiger charge is -2.39. The lowest BCUT2D eigenvalue weighted by Crippen LogP contribution is -2.48. The Morgan fingerprint density at radius 2 is 1.67 bits per heavy atom. The van der Waals surface area contributed by atoms with Gasteiger partial charge < -0.3 is 15.3 Å². The Bertz CT molecular complexity index is 2450. The van der Waals surface area contributed by atoms with Gasteiger partial charge in [-0.15, -0.1) is 6.58 Å². The van der Waals surface area contributed by atoms with Crippen LogP contribution in [0.2, 0.25) is 0 Å². The molecule has 0 spiro atoms. The molecule has 0 bridgehead atoms.